The molecule has 2 amide bonds. The molecule has 0 saturated carbocycles. The zero-order valence-corrected chi connectivity index (χ0v) is 13.8. The fraction of sp³-hybridized carbons (Fsp3) is 0.294. The number of rotatable bonds is 1. The molecule has 1 saturated heterocycles. The number of fused-ring (bicyclic) bond motifs is 1. The number of hydrogen-bond donors (Lipinski definition) is 4. The lowest BCUT2D eigenvalue weighted by Crippen LogP contribution is -2.59. The predicted octanol–water partition coefficient (Wildman–Crippen LogP) is 0.102. The lowest BCUT2D eigenvalue weighted by Gasteiger charge is -2.44. The average molecular weight is 355 g/mol. The summed E-state index contributed by atoms with van der Waals surface area (Å²) in [6, 6.07) is 7.46. The van der Waals surface area contributed by atoms with Crippen molar-refractivity contribution in [3.63, 3.8) is 0 Å². The van der Waals surface area contributed by atoms with Crippen LogP contribution in [0.1, 0.15) is 23.2 Å². The van der Waals surface area contributed by atoms with Crippen LogP contribution in [0, 0.1) is 0 Å². The minimum Gasteiger partial charge on any atom is -0.369 e. The molecule has 0 unspecified atom stereocenters. The molecule has 1 aromatic carbocycles. The van der Waals surface area contributed by atoms with Gasteiger partial charge in [0.2, 0.25) is 5.91 Å². The summed E-state index contributed by atoms with van der Waals surface area (Å²) in [7, 11) is 0. The Bertz CT molecular complexity index is 1000. The molecule has 1 aromatic heterocycles. The van der Waals surface area contributed by atoms with Crippen molar-refractivity contribution in [3.8, 4) is 0 Å². The van der Waals surface area contributed by atoms with Gasteiger partial charge in [-0.25, -0.2) is 4.79 Å². The van der Waals surface area contributed by atoms with Gasteiger partial charge in [-0.2, -0.15) is 0 Å². The molecule has 0 bridgehead atoms. The molecule has 9 nitrogen and oxygen atoms in total. The van der Waals surface area contributed by atoms with Crippen LogP contribution < -0.4 is 21.9 Å². The number of benzene rings is 1. The molecule has 0 aliphatic carbocycles. The average Bonchev–Trinajstić information content (AvgIpc) is 2.63. The number of para-hydroxylation sites is 2. The van der Waals surface area contributed by atoms with Crippen molar-refractivity contribution in [2.24, 2.45) is 0 Å². The molecule has 0 radical (unpaired) electrons. The number of nitrogens with zero attached hydrogens (tertiary/aromatic N) is 1. The number of carbonyl (C=O) groups excluding carboxylic acids is 2. The monoisotopic (exact) mass is 355 g/mol. The molecular weight excluding hydrogens is 338 g/mol. The third-order valence-corrected chi connectivity index (χ3v) is 4.94. The highest BCUT2D eigenvalue weighted by Gasteiger charge is 2.45. The van der Waals surface area contributed by atoms with E-state index in [1.807, 2.05) is 29.2 Å². The summed E-state index contributed by atoms with van der Waals surface area (Å²) in [6.07, 6.45) is 1.95. The molecular formula is C17H17N5O4. The maximum atomic E-state index is 12.6. The van der Waals surface area contributed by atoms with E-state index in [4.69, 9.17) is 0 Å². The maximum Gasteiger partial charge on any atom is 0.325 e. The Morgan fingerprint density at radius 1 is 1.04 bits per heavy atom. The summed E-state index contributed by atoms with van der Waals surface area (Å²) in [5.74, 6) is -0.584. The highest BCUT2D eigenvalue weighted by atomic mass is 16.2. The van der Waals surface area contributed by atoms with E-state index in [0.717, 1.165) is 17.6 Å². The second-order valence-electron chi connectivity index (χ2n) is 6.48. The van der Waals surface area contributed by atoms with E-state index in [9.17, 15) is 19.2 Å². The van der Waals surface area contributed by atoms with Crippen LogP contribution in [-0.4, -0.2) is 45.3 Å². The summed E-state index contributed by atoms with van der Waals surface area (Å²) in [5, 5.41) is 6.23. The van der Waals surface area contributed by atoms with Gasteiger partial charge in [0.1, 0.15) is 11.1 Å². The van der Waals surface area contributed by atoms with E-state index >= 15 is 0 Å². The Labute approximate surface area is 147 Å². The largest absolute Gasteiger partial charge is 0.369 e. The van der Waals surface area contributed by atoms with Crippen LogP contribution in [0.4, 0.5) is 11.4 Å². The van der Waals surface area contributed by atoms with Crippen molar-refractivity contribution < 1.29 is 9.59 Å². The van der Waals surface area contributed by atoms with Crippen molar-refractivity contribution in [2.45, 2.75) is 18.4 Å². The zero-order chi connectivity index (χ0) is 18.3. The van der Waals surface area contributed by atoms with Gasteiger partial charge in [-0.3, -0.25) is 19.4 Å². The smallest absolute Gasteiger partial charge is 0.325 e. The van der Waals surface area contributed by atoms with Gasteiger partial charge in [-0.05, 0) is 25.0 Å². The van der Waals surface area contributed by atoms with Crippen LogP contribution >= 0.6 is 0 Å². The second-order valence-corrected chi connectivity index (χ2v) is 6.48. The van der Waals surface area contributed by atoms with Gasteiger partial charge >= 0.3 is 5.69 Å². The first-order valence-electron chi connectivity index (χ1n) is 8.28. The highest BCUT2D eigenvalue weighted by Crippen LogP contribution is 2.36. The number of H-pyrrole nitrogens is 2. The summed E-state index contributed by atoms with van der Waals surface area (Å²) in [6.45, 7) is 0.639. The van der Waals surface area contributed by atoms with Crippen LogP contribution in [-0.2, 0) is 4.79 Å². The number of anilines is 2. The van der Waals surface area contributed by atoms with Crippen molar-refractivity contribution in [3.05, 3.63) is 56.9 Å². The van der Waals surface area contributed by atoms with Crippen molar-refractivity contribution >= 4 is 23.2 Å². The number of aromatic amines is 2. The molecule has 0 atom stereocenters. The van der Waals surface area contributed by atoms with Crippen LogP contribution in [0.15, 0.2) is 40.1 Å². The van der Waals surface area contributed by atoms with Gasteiger partial charge in [-0.1, -0.05) is 12.1 Å². The quantitative estimate of drug-likeness (QED) is 0.577. The number of amides is 2. The van der Waals surface area contributed by atoms with Crippen molar-refractivity contribution in [2.75, 3.05) is 23.7 Å². The van der Waals surface area contributed by atoms with E-state index in [2.05, 4.69) is 15.6 Å². The summed E-state index contributed by atoms with van der Waals surface area (Å²) in [5.41, 5.74) is -0.688. The molecule has 2 aliphatic heterocycles. The standard InChI is InChI=1S/C17H17N5O4/c23-13-10(9-18-16(26)20-13)14(24)22-7-5-17(6-8-22)15(25)19-11-3-1-2-4-12(11)21-17/h1-4,9,21H,5-8H2,(H,19,25)(H2,18,20,23,26). The van der Waals surface area contributed by atoms with Gasteiger partial charge in [0.05, 0.1) is 11.4 Å². The topological polar surface area (TPSA) is 127 Å². The molecule has 2 aromatic rings. The molecule has 9 heteroatoms. The molecule has 4 N–H and O–H groups in total. The first-order valence-corrected chi connectivity index (χ1v) is 8.28. The molecule has 1 fully saturated rings. The lowest BCUT2D eigenvalue weighted by atomic mass is 9.84. The number of piperidine rings is 1. The number of carbonyl (C=O) groups is 2. The zero-order valence-electron chi connectivity index (χ0n) is 13.8. The van der Waals surface area contributed by atoms with Crippen LogP contribution in [0.3, 0.4) is 0 Å². The number of nitrogens with one attached hydrogen (secondary N) is 4. The van der Waals surface area contributed by atoms with Crippen LogP contribution in [0.25, 0.3) is 0 Å². The minimum absolute atomic E-state index is 0.119. The lowest BCUT2D eigenvalue weighted by molar-refractivity contribution is -0.122. The molecule has 4 rings (SSSR count). The first kappa shape index (κ1) is 16.1. The van der Waals surface area contributed by atoms with Crippen LogP contribution in [0.2, 0.25) is 0 Å². The van der Waals surface area contributed by atoms with Crippen molar-refractivity contribution in [1.29, 1.82) is 0 Å². The fourth-order valence-corrected chi connectivity index (χ4v) is 3.44. The van der Waals surface area contributed by atoms with E-state index in [-0.39, 0.29) is 11.5 Å². The van der Waals surface area contributed by atoms with Gasteiger partial charge < -0.3 is 20.5 Å². The van der Waals surface area contributed by atoms with Gasteiger partial charge in [0, 0.05) is 19.3 Å². The third kappa shape index (κ3) is 2.57. The summed E-state index contributed by atoms with van der Waals surface area (Å²) < 4.78 is 0. The maximum absolute atomic E-state index is 12.6. The Kier molecular flexibility index (Phi) is 3.64. The third-order valence-electron chi connectivity index (χ3n) is 4.94. The second kappa shape index (κ2) is 5.87. The van der Waals surface area contributed by atoms with E-state index in [0.29, 0.717) is 25.9 Å². The first-order chi connectivity index (χ1) is 12.5. The Morgan fingerprint density at radius 2 is 1.73 bits per heavy atom. The number of hydrogen-bond acceptors (Lipinski definition) is 5. The summed E-state index contributed by atoms with van der Waals surface area (Å²) >= 11 is 0. The number of likely N-dealkylation sites (tertiary alicyclic amines) is 1. The Balaban J connectivity index is 1.52. The van der Waals surface area contributed by atoms with Crippen molar-refractivity contribution in [1.82, 2.24) is 14.9 Å². The van der Waals surface area contributed by atoms with Crippen LogP contribution in [0.5, 0.6) is 0 Å². The molecule has 1 spiro atoms. The molecule has 3 heterocycles. The highest BCUT2D eigenvalue weighted by molar-refractivity contribution is 6.06. The fourth-order valence-electron chi connectivity index (χ4n) is 3.44. The van der Waals surface area contributed by atoms with E-state index < -0.39 is 22.7 Å². The molecule has 2 aliphatic rings. The van der Waals surface area contributed by atoms with Gasteiger partial charge in [-0.15, -0.1) is 0 Å². The predicted molar refractivity (Wildman–Crippen MR) is 94.2 cm³/mol. The van der Waals surface area contributed by atoms with E-state index in [1.54, 1.807) is 0 Å². The van der Waals surface area contributed by atoms with Gasteiger partial charge in [0.15, 0.2) is 0 Å². The summed E-state index contributed by atoms with van der Waals surface area (Å²) in [4.78, 5) is 53.9. The van der Waals surface area contributed by atoms with Gasteiger partial charge in [0.25, 0.3) is 11.5 Å². The molecule has 26 heavy (non-hydrogen) atoms. The van der Waals surface area contributed by atoms with E-state index in [1.165, 1.54) is 4.90 Å². The normalized spacial score (nSPS) is 18.0. The SMILES string of the molecule is O=C(c1c[nH]c(=O)[nH]c1=O)N1CCC2(CC1)Nc1ccccc1NC2=O. The number of aromatic nitrogens is 2. The Hall–Kier alpha value is -3.36. The Morgan fingerprint density at radius 3 is 2.42 bits per heavy atom. The minimum atomic E-state index is -0.775. The molecule has 134 valence electrons.